The lowest BCUT2D eigenvalue weighted by molar-refractivity contribution is 0.0594. The molecule has 0 aliphatic heterocycles. The van der Waals surface area contributed by atoms with E-state index in [2.05, 4.69) is 34.3 Å². The molecule has 17 heavy (non-hydrogen) atoms. The number of furan rings is 1. The van der Waals surface area contributed by atoms with E-state index in [0.29, 0.717) is 11.2 Å². The molecule has 2 aromatic rings. The molecular weight excluding hydrogens is 236 g/mol. The third-order valence-corrected chi connectivity index (χ3v) is 4.10. The van der Waals surface area contributed by atoms with E-state index >= 15 is 0 Å². The molecule has 0 aliphatic rings. The highest BCUT2D eigenvalue weighted by molar-refractivity contribution is 6.87. The summed E-state index contributed by atoms with van der Waals surface area (Å²) in [6, 6.07) is 1.86. The number of aromatic nitrogens is 2. The minimum Gasteiger partial charge on any atom is -0.464 e. The predicted octanol–water partition coefficient (Wildman–Crippen LogP) is 1.55. The molecule has 0 spiro atoms. The van der Waals surface area contributed by atoms with Crippen molar-refractivity contribution in [1.82, 2.24) is 9.97 Å². The first-order valence-corrected chi connectivity index (χ1v) is 8.77. The Morgan fingerprint density at radius 3 is 2.71 bits per heavy atom. The summed E-state index contributed by atoms with van der Waals surface area (Å²) >= 11 is 0. The Hall–Kier alpha value is -1.69. The fraction of sp³-hybridized carbons (Fsp3) is 0.364. The molecule has 0 aliphatic carbocycles. The molecule has 0 amide bonds. The zero-order valence-corrected chi connectivity index (χ0v) is 11.3. The third kappa shape index (κ3) is 2.21. The van der Waals surface area contributed by atoms with E-state index in [4.69, 9.17) is 4.42 Å². The van der Waals surface area contributed by atoms with Gasteiger partial charge in [-0.1, -0.05) is 19.6 Å². The van der Waals surface area contributed by atoms with Crippen LogP contribution in [-0.2, 0) is 4.74 Å². The summed E-state index contributed by atoms with van der Waals surface area (Å²) in [4.78, 5) is 19.6. The van der Waals surface area contributed by atoms with E-state index < -0.39 is 14.0 Å². The molecule has 6 heteroatoms. The second-order valence-electron chi connectivity index (χ2n) is 4.80. The number of fused-ring (bicyclic) bond motifs is 1. The lowest BCUT2D eigenvalue weighted by Crippen LogP contribution is -2.36. The number of esters is 1. The topological polar surface area (TPSA) is 65.2 Å². The summed E-state index contributed by atoms with van der Waals surface area (Å²) in [5.41, 5.74) is 1.27. The van der Waals surface area contributed by atoms with Crippen molar-refractivity contribution in [2.45, 2.75) is 19.6 Å². The van der Waals surface area contributed by atoms with Gasteiger partial charge in [-0.15, -0.1) is 0 Å². The van der Waals surface area contributed by atoms with Crippen LogP contribution in [0.5, 0.6) is 0 Å². The SMILES string of the molecule is COC(=O)c1cnc2oc([Si](C)(C)C)cc2n1. The van der Waals surface area contributed by atoms with E-state index in [-0.39, 0.29) is 5.69 Å². The number of methoxy groups -OCH3 is 1. The van der Waals surface area contributed by atoms with Gasteiger partial charge in [-0.25, -0.2) is 14.8 Å². The Bertz CT molecular complexity index is 572. The van der Waals surface area contributed by atoms with Crippen molar-refractivity contribution < 1.29 is 13.9 Å². The molecule has 0 saturated heterocycles. The van der Waals surface area contributed by atoms with Crippen LogP contribution in [0.4, 0.5) is 0 Å². The monoisotopic (exact) mass is 250 g/mol. The number of hydrogen-bond acceptors (Lipinski definition) is 5. The largest absolute Gasteiger partial charge is 0.464 e. The average Bonchev–Trinajstić information content (AvgIpc) is 2.70. The van der Waals surface area contributed by atoms with Crippen LogP contribution in [0.2, 0.25) is 19.6 Å². The molecule has 0 bridgehead atoms. The standard InChI is InChI=1S/C11H14N2O3Si/c1-15-11(14)8-6-12-10-7(13-8)5-9(16-10)17(2,3)4/h5-6H,1-4H3. The minimum absolute atomic E-state index is 0.197. The van der Waals surface area contributed by atoms with Gasteiger partial charge in [0.1, 0.15) is 13.6 Å². The van der Waals surface area contributed by atoms with E-state index in [0.717, 1.165) is 5.38 Å². The van der Waals surface area contributed by atoms with Gasteiger partial charge in [-0.3, -0.25) is 0 Å². The molecule has 0 aromatic carbocycles. The lowest BCUT2D eigenvalue weighted by atomic mass is 10.4. The van der Waals surface area contributed by atoms with Crippen molar-refractivity contribution in [3.63, 3.8) is 0 Å². The number of carbonyl (C=O) groups is 1. The molecule has 0 saturated carbocycles. The van der Waals surface area contributed by atoms with Gasteiger partial charge in [0.2, 0.25) is 5.71 Å². The summed E-state index contributed by atoms with van der Waals surface area (Å²) in [7, 11) is -0.216. The van der Waals surface area contributed by atoms with E-state index in [9.17, 15) is 4.79 Å². The van der Waals surface area contributed by atoms with E-state index in [1.807, 2.05) is 6.07 Å². The quantitative estimate of drug-likeness (QED) is 0.597. The fourth-order valence-corrected chi connectivity index (χ4v) is 2.37. The molecule has 0 N–H and O–H groups in total. The molecule has 0 radical (unpaired) electrons. The molecule has 0 atom stereocenters. The van der Waals surface area contributed by atoms with Gasteiger partial charge in [0, 0.05) is 6.07 Å². The molecule has 2 heterocycles. The second-order valence-corrected chi connectivity index (χ2v) is 9.79. The van der Waals surface area contributed by atoms with Crippen molar-refractivity contribution in [3.05, 3.63) is 18.0 Å². The van der Waals surface area contributed by atoms with Gasteiger partial charge >= 0.3 is 5.97 Å². The minimum atomic E-state index is -1.53. The Morgan fingerprint density at radius 1 is 1.41 bits per heavy atom. The van der Waals surface area contributed by atoms with Crippen LogP contribution in [0.15, 0.2) is 16.7 Å². The zero-order valence-electron chi connectivity index (χ0n) is 10.3. The van der Waals surface area contributed by atoms with Crippen LogP contribution < -0.4 is 5.38 Å². The highest BCUT2D eigenvalue weighted by Crippen LogP contribution is 2.13. The van der Waals surface area contributed by atoms with Crippen molar-refractivity contribution in [2.24, 2.45) is 0 Å². The second kappa shape index (κ2) is 3.96. The summed E-state index contributed by atoms with van der Waals surface area (Å²) < 4.78 is 10.2. The van der Waals surface area contributed by atoms with E-state index in [1.165, 1.54) is 13.3 Å². The summed E-state index contributed by atoms with van der Waals surface area (Å²) in [5, 5.41) is 0.925. The van der Waals surface area contributed by atoms with Gasteiger partial charge in [0.25, 0.3) is 0 Å². The van der Waals surface area contributed by atoms with Crippen LogP contribution in [0, 0.1) is 0 Å². The first-order chi connectivity index (χ1) is 7.91. The number of hydrogen-bond donors (Lipinski definition) is 0. The fourth-order valence-electron chi connectivity index (χ4n) is 1.40. The summed E-state index contributed by atoms with van der Waals surface area (Å²) in [6.45, 7) is 6.52. The van der Waals surface area contributed by atoms with Gasteiger partial charge in [-0.2, -0.15) is 0 Å². The normalized spacial score (nSPS) is 11.8. The molecular formula is C11H14N2O3Si. The summed E-state index contributed by atoms with van der Waals surface area (Å²) in [6.07, 6.45) is 1.37. The Kier molecular flexibility index (Phi) is 2.74. The van der Waals surface area contributed by atoms with Crippen LogP contribution >= 0.6 is 0 Å². The number of carbonyl (C=O) groups excluding carboxylic acids is 1. The molecule has 0 unspecified atom stereocenters. The van der Waals surface area contributed by atoms with E-state index in [1.54, 1.807) is 0 Å². The van der Waals surface area contributed by atoms with Crippen molar-refractivity contribution in [1.29, 1.82) is 0 Å². The van der Waals surface area contributed by atoms with Crippen LogP contribution in [0.1, 0.15) is 10.5 Å². The Morgan fingerprint density at radius 2 is 2.12 bits per heavy atom. The molecule has 5 nitrogen and oxygen atoms in total. The number of nitrogens with zero attached hydrogens (tertiary/aromatic N) is 2. The Labute approximate surface area is 99.8 Å². The van der Waals surface area contributed by atoms with Gasteiger partial charge in [0.05, 0.1) is 18.7 Å². The van der Waals surface area contributed by atoms with Crippen LogP contribution in [-0.4, -0.2) is 31.1 Å². The van der Waals surface area contributed by atoms with Crippen molar-refractivity contribution in [2.75, 3.05) is 7.11 Å². The predicted molar refractivity (Wildman–Crippen MR) is 66.1 cm³/mol. The zero-order chi connectivity index (χ0) is 12.6. The maximum absolute atomic E-state index is 11.3. The van der Waals surface area contributed by atoms with Crippen LogP contribution in [0.25, 0.3) is 11.2 Å². The average molecular weight is 250 g/mol. The first-order valence-electron chi connectivity index (χ1n) is 5.27. The lowest BCUT2D eigenvalue weighted by Gasteiger charge is -2.09. The number of rotatable bonds is 2. The smallest absolute Gasteiger partial charge is 0.358 e. The molecule has 0 fully saturated rings. The molecule has 2 rings (SSSR count). The maximum Gasteiger partial charge on any atom is 0.358 e. The maximum atomic E-state index is 11.3. The Balaban J connectivity index is 2.52. The van der Waals surface area contributed by atoms with Gasteiger partial charge in [-0.05, 0) is 0 Å². The highest BCUT2D eigenvalue weighted by Gasteiger charge is 2.23. The van der Waals surface area contributed by atoms with Crippen molar-refractivity contribution >= 4 is 30.7 Å². The van der Waals surface area contributed by atoms with Crippen molar-refractivity contribution in [3.8, 4) is 0 Å². The molecule has 90 valence electrons. The first kappa shape index (κ1) is 11.8. The van der Waals surface area contributed by atoms with Crippen LogP contribution in [0.3, 0.4) is 0 Å². The number of ether oxygens (including phenoxy) is 1. The third-order valence-electron chi connectivity index (χ3n) is 2.37. The summed E-state index contributed by atoms with van der Waals surface area (Å²) in [5.74, 6) is -0.491. The highest BCUT2D eigenvalue weighted by atomic mass is 28.3. The van der Waals surface area contributed by atoms with Gasteiger partial charge in [0.15, 0.2) is 5.69 Å². The van der Waals surface area contributed by atoms with Gasteiger partial charge < -0.3 is 9.15 Å². The molecule has 2 aromatic heterocycles.